The summed E-state index contributed by atoms with van der Waals surface area (Å²) in [5, 5.41) is 0. The van der Waals surface area contributed by atoms with Gasteiger partial charge in [0.1, 0.15) is 0 Å². The maximum atomic E-state index is 12.0. The monoisotopic (exact) mass is 389 g/mol. The van der Waals surface area contributed by atoms with Gasteiger partial charge in [0.2, 0.25) is 0 Å². The van der Waals surface area contributed by atoms with Gasteiger partial charge in [0, 0.05) is 19.8 Å². The standard InChI is InChI=1S/C25H43NO2/c1-5-7-15-22(6-2)16-13-11-9-8-10-12-14-21-28-25(27)23-17-19-24(20-18-23)26(3)4/h17-20,22H,5-16,21H2,1-4H3. The lowest BCUT2D eigenvalue weighted by atomic mass is 9.93. The molecule has 0 saturated heterocycles. The van der Waals surface area contributed by atoms with Gasteiger partial charge in [-0.05, 0) is 36.6 Å². The van der Waals surface area contributed by atoms with Crippen molar-refractivity contribution in [1.82, 2.24) is 0 Å². The molecule has 0 aliphatic rings. The lowest BCUT2D eigenvalue weighted by Gasteiger charge is -2.13. The largest absolute Gasteiger partial charge is 0.462 e. The van der Waals surface area contributed by atoms with Gasteiger partial charge in [-0.25, -0.2) is 4.79 Å². The maximum Gasteiger partial charge on any atom is 0.338 e. The van der Waals surface area contributed by atoms with E-state index in [4.69, 9.17) is 4.74 Å². The Morgan fingerprint density at radius 2 is 1.43 bits per heavy atom. The van der Waals surface area contributed by atoms with Crippen molar-refractivity contribution in [3.8, 4) is 0 Å². The van der Waals surface area contributed by atoms with E-state index in [2.05, 4.69) is 13.8 Å². The quantitative estimate of drug-likeness (QED) is 0.220. The van der Waals surface area contributed by atoms with Crippen LogP contribution in [0.15, 0.2) is 24.3 Å². The number of benzene rings is 1. The van der Waals surface area contributed by atoms with Gasteiger partial charge < -0.3 is 9.64 Å². The van der Waals surface area contributed by atoms with E-state index in [9.17, 15) is 4.79 Å². The van der Waals surface area contributed by atoms with Crippen LogP contribution >= 0.6 is 0 Å². The second kappa shape index (κ2) is 15.4. The van der Waals surface area contributed by atoms with E-state index < -0.39 is 0 Å². The molecule has 3 heteroatoms. The Hall–Kier alpha value is -1.51. The van der Waals surface area contributed by atoms with Crippen molar-refractivity contribution in [2.45, 2.75) is 90.9 Å². The van der Waals surface area contributed by atoms with E-state index in [0.717, 1.165) is 24.4 Å². The van der Waals surface area contributed by atoms with Crippen LogP contribution in [0.3, 0.4) is 0 Å². The number of anilines is 1. The minimum Gasteiger partial charge on any atom is -0.462 e. The van der Waals surface area contributed by atoms with Crippen molar-refractivity contribution in [3.05, 3.63) is 29.8 Å². The molecule has 0 spiro atoms. The van der Waals surface area contributed by atoms with Crippen LogP contribution in [0.4, 0.5) is 5.69 Å². The zero-order valence-corrected chi connectivity index (χ0v) is 18.8. The molecule has 0 saturated carbocycles. The molecule has 0 bridgehead atoms. The first kappa shape index (κ1) is 24.5. The minimum absolute atomic E-state index is 0.209. The number of carbonyl (C=O) groups excluding carboxylic acids is 1. The molecule has 0 N–H and O–H groups in total. The number of hydrogen-bond donors (Lipinski definition) is 0. The summed E-state index contributed by atoms with van der Waals surface area (Å²) in [6.45, 7) is 5.16. The molecular formula is C25H43NO2. The molecule has 0 radical (unpaired) electrons. The van der Waals surface area contributed by atoms with Crippen LogP contribution in [-0.4, -0.2) is 26.7 Å². The van der Waals surface area contributed by atoms with Crippen molar-refractivity contribution in [1.29, 1.82) is 0 Å². The molecule has 3 nitrogen and oxygen atoms in total. The summed E-state index contributed by atoms with van der Waals surface area (Å²) < 4.78 is 5.39. The van der Waals surface area contributed by atoms with Crippen molar-refractivity contribution >= 4 is 11.7 Å². The molecule has 0 amide bonds. The van der Waals surface area contributed by atoms with Crippen LogP contribution in [-0.2, 0) is 4.74 Å². The van der Waals surface area contributed by atoms with E-state index in [0.29, 0.717) is 12.2 Å². The molecule has 0 fully saturated rings. The fourth-order valence-corrected chi connectivity index (χ4v) is 3.61. The third kappa shape index (κ3) is 10.7. The summed E-state index contributed by atoms with van der Waals surface area (Å²) in [4.78, 5) is 14.1. The number of ether oxygens (including phenoxy) is 1. The molecule has 1 aromatic carbocycles. The summed E-state index contributed by atoms with van der Waals surface area (Å²) in [5.74, 6) is 0.743. The molecule has 0 aromatic heterocycles. The molecule has 0 heterocycles. The Bertz CT molecular complexity index is 510. The van der Waals surface area contributed by atoms with Gasteiger partial charge in [-0.3, -0.25) is 0 Å². The molecular weight excluding hydrogens is 346 g/mol. The van der Waals surface area contributed by atoms with Crippen molar-refractivity contribution in [2.75, 3.05) is 25.6 Å². The average Bonchev–Trinajstić information content (AvgIpc) is 2.71. The Labute approximate surface area is 173 Å². The van der Waals surface area contributed by atoms with Gasteiger partial charge >= 0.3 is 5.97 Å². The van der Waals surface area contributed by atoms with Crippen LogP contribution in [0.2, 0.25) is 0 Å². The highest BCUT2D eigenvalue weighted by Gasteiger charge is 2.07. The first-order chi connectivity index (χ1) is 13.6. The first-order valence-corrected chi connectivity index (χ1v) is 11.5. The highest BCUT2D eigenvalue weighted by molar-refractivity contribution is 5.89. The third-order valence-electron chi connectivity index (χ3n) is 5.65. The number of esters is 1. The molecule has 28 heavy (non-hydrogen) atoms. The van der Waals surface area contributed by atoms with Gasteiger partial charge in [-0.2, -0.15) is 0 Å². The number of unbranched alkanes of at least 4 members (excludes halogenated alkanes) is 7. The highest BCUT2D eigenvalue weighted by atomic mass is 16.5. The lowest BCUT2D eigenvalue weighted by molar-refractivity contribution is 0.0497. The average molecular weight is 390 g/mol. The fraction of sp³-hybridized carbons (Fsp3) is 0.720. The Morgan fingerprint density at radius 3 is 2.00 bits per heavy atom. The minimum atomic E-state index is -0.209. The summed E-state index contributed by atoms with van der Waals surface area (Å²) in [7, 11) is 3.98. The Kier molecular flexibility index (Phi) is 13.5. The summed E-state index contributed by atoms with van der Waals surface area (Å²) in [5.41, 5.74) is 1.72. The maximum absolute atomic E-state index is 12.0. The predicted octanol–water partition coefficient (Wildman–Crippen LogP) is 7.25. The first-order valence-electron chi connectivity index (χ1n) is 11.5. The number of hydrogen-bond acceptors (Lipinski definition) is 3. The van der Waals surface area contributed by atoms with E-state index in [1.54, 1.807) is 0 Å². The van der Waals surface area contributed by atoms with Crippen LogP contribution in [0, 0.1) is 5.92 Å². The molecule has 1 rings (SSSR count). The van der Waals surface area contributed by atoms with Gasteiger partial charge in [-0.1, -0.05) is 84.5 Å². The van der Waals surface area contributed by atoms with E-state index in [1.165, 1.54) is 64.2 Å². The molecule has 160 valence electrons. The van der Waals surface area contributed by atoms with Crippen LogP contribution in [0.1, 0.15) is 101 Å². The highest BCUT2D eigenvalue weighted by Crippen LogP contribution is 2.20. The fourth-order valence-electron chi connectivity index (χ4n) is 3.61. The van der Waals surface area contributed by atoms with Crippen molar-refractivity contribution in [3.63, 3.8) is 0 Å². The summed E-state index contributed by atoms with van der Waals surface area (Å²) in [6, 6.07) is 7.57. The molecule has 1 atom stereocenters. The SMILES string of the molecule is CCCCC(CC)CCCCCCCCCOC(=O)c1ccc(N(C)C)cc1. The number of carbonyl (C=O) groups is 1. The number of nitrogens with zero attached hydrogens (tertiary/aromatic N) is 1. The molecule has 0 aliphatic carbocycles. The number of rotatable bonds is 16. The Balaban J connectivity index is 1.99. The molecule has 1 aromatic rings. The second-order valence-electron chi connectivity index (χ2n) is 8.26. The van der Waals surface area contributed by atoms with Gasteiger partial charge in [0.15, 0.2) is 0 Å². The van der Waals surface area contributed by atoms with Gasteiger partial charge in [-0.15, -0.1) is 0 Å². The van der Waals surface area contributed by atoms with Gasteiger partial charge in [0.05, 0.1) is 12.2 Å². The summed E-state index contributed by atoms with van der Waals surface area (Å²) >= 11 is 0. The zero-order valence-electron chi connectivity index (χ0n) is 18.8. The van der Waals surface area contributed by atoms with Crippen LogP contribution in [0.5, 0.6) is 0 Å². The second-order valence-corrected chi connectivity index (χ2v) is 8.26. The topological polar surface area (TPSA) is 29.5 Å². The van der Waals surface area contributed by atoms with Gasteiger partial charge in [0.25, 0.3) is 0 Å². The van der Waals surface area contributed by atoms with E-state index in [-0.39, 0.29) is 5.97 Å². The van der Waals surface area contributed by atoms with Crippen LogP contribution < -0.4 is 4.90 Å². The molecule has 0 aliphatic heterocycles. The molecule has 1 unspecified atom stereocenters. The van der Waals surface area contributed by atoms with Crippen LogP contribution in [0.25, 0.3) is 0 Å². The Morgan fingerprint density at radius 1 is 0.857 bits per heavy atom. The zero-order chi connectivity index (χ0) is 20.6. The van der Waals surface area contributed by atoms with E-state index >= 15 is 0 Å². The normalized spacial score (nSPS) is 12.0. The predicted molar refractivity (Wildman–Crippen MR) is 121 cm³/mol. The summed E-state index contributed by atoms with van der Waals surface area (Å²) in [6.07, 6.45) is 15.7. The van der Waals surface area contributed by atoms with Crippen molar-refractivity contribution < 1.29 is 9.53 Å². The lowest BCUT2D eigenvalue weighted by Crippen LogP contribution is -2.10. The van der Waals surface area contributed by atoms with Crippen molar-refractivity contribution in [2.24, 2.45) is 5.92 Å². The smallest absolute Gasteiger partial charge is 0.338 e. The van der Waals surface area contributed by atoms with E-state index in [1.807, 2.05) is 43.3 Å². The third-order valence-corrected chi connectivity index (χ3v) is 5.65.